The summed E-state index contributed by atoms with van der Waals surface area (Å²) in [6, 6.07) is 5.42. The number of nitrogens with zero attached hydrogens (tertiary/aromatic N) is 1. The van der Waals surface area contributed by atoms with Crippen molar-refractivity contribution in [3.8, 4) is 5.75 Å². The number of nitrogens with two attached hydrogens (primary N) is 1. The Bertz CT molecular complexity index is 405. The third-order valence-corrected chi connectivity index (χ3v) is 2.72. The van der Waals surface area contributed by atoms with Crippen molar-refractivity contribution in [3.05, 3.63) is 35.7 Å². The van der Waals surface area contributed by atoms with Gasteiger partial charge in [0.2, 0.25) is 0 Å². The SMILES string of the molecule is N[C@@H](Cc1ccc(O)cc1)C(=O)O.[NH-]N1CCOCC1. The summed E-state index contributed by atoms with van der Waals surface area (Å²) in [4.78, 5) is 10.4. The summed E-state index contributed by atoms with van der Waals surface area (Å²) in [6.07, 6.45) is 0.273. The predicted octanol–water partition coefficient (Wildman–Crippen LogP) is 0.632. The minimum Gasteiger partial charge on any atom is -0.609 e. The molecule has 0 aliphatic carbocycles. The highest BCUT2D eigenvalue weighted by molar-refractivity contribution is 5.73. The van der Waals surface area contributed by atoms with Crippen LogP contribution in [0.4, 0.5) is 0 Å². The summed E-state index contributed by atoms with van der Waals surface area (Å²) in [6.45, 7) is 2.98. The third kappa shape index (κ3) is 6.48. The maximum absolute atomic E-state index is 10.4. The van der Waals surface area contributed by atoms with Gasteiger partial charge < -0.3 is 31.5 Å². The van der Waals surface area contributed by atoms with Gasteiger partial charge in [-0.2, -0.15) is 0 Å². The molecule has 1 fully saturated rings. The van der Waals surface area contributed by atoms with E-state index < -0.39 is 12.0 Å². The predicted molar refractivity (Wildman–Crippen MR) is 74.1 cm³/mol. The summed E-state index contributed by atoms with van der Waals surface area (Å²) in [7, 11) is 0. The standard InChI is InChI=1S/C9H11NO3.C4H9N2O/c10-8(9(12)13)5-6-1-3-7(11)4-2-6;5-6-1-3-7-4-2-6/h1-4,8,11H,5,10H2,(H,12,13);5H,1-4H2/q;-1/t8-;/m0./s1. The highest BCUT2D eigenvalue weighted by atomic mass is 16.5. The Morgan fingerprint density at radius 3 is 2.30 bits per heavy atom. The topological polar surface area (TPSA) is 120 Å². The zero-order valence-electron chi connectivity index (χ0n) is 11.2. The molecule has 0 radical (unpaired) electrons. The lowest BCUT2D eigenvalue weighted by atomic mass is 10.1. The Morgan fingerprint density at radius 2 is 1.90 bits per heavy atom. The average molecular weight is 282 g/mol. The summed E-state index contributed by atoms with van der Waals surface area (Å²) in [5.74, 6) is 6.16. The van der Waals surface area contributed by atoms with E-state index in [1.807, 2.05) is 0 Å². The van der Waals surface area contributed by atoms with Gasteiger partial charge in [-0.05, 0) is 24.1 Å². The number of nitrogens with one attached hydrogen (secondary N) is 1. The van der Waals surface area contributed by atoms with Crippen molar-refractivity contribution in [3.63, 3.8) is 0 Å². The van der Waals surface area contributed by atoms with Gasteiger partial charge in [0.05, 0.1) is 13.2 Å². The van der Waals surface area contributed by atoms with E-state index in [-0.39, 0.29) is 12.2 Å². The first kappa shape index (κ1) is 16.4. The van der Waals surface area contributed by atoms with Crippen LogP contribution < -0.4 is 5.73 Å². The Balaban J connectivity index is 0.000000240. The van der Waals surface area contributed by atoms with E-state index in [0.29, 0.717) is 0 Å². The molecule has 0 saturated carbocycles. The number of phenolic OH excluding ortho intramolecular Hbond substituents is 1. The molecular weight excluding hydrogens is 262 g/mol. The van der Waals surface area contributed by atoms with Crippen molar-refractivity contribution in [2.24, 2.45) is 5.73 Å². The van der Waals surface area contributed by atoms with Gasteiger partial charge >= 0.3 is 5.97 Å². The molecule has 0 spiro atoms. The van der Waals surface area contributed by atoms with Crippen LogP contribution >= 0.6 is 0 Å². The van der Waals surface area contributed by atoms with E-state index in [1.54, 1.807) is 12.1 Å². The lowest BCUT2D eigenvalue weighted by molar-refractivity contribution is -0.138. The highest BCUT2D eigenvalue weighted by Gasteiger charge is 2.11. The van der Waals surface area contributed by atoms with Crippen molar-refractivity contribution in [2.45, 2.75) is 12.5 Å². The fourth-order valence-electron chi connectivity index (χ4n) is 1.54. The van der Waals surface area contributed by atoms with Crippen molar-refractivity contribution in [2.75, 3.05) is 26.3 Å². The molecule has 0 bridgehead atoms. The molecule has 7 heteroatoms. The molecule has 1 aliphatic heterocycles. The molecule has 1 heterocycles. The molecule has 5 N–H and O–H groups in total. The van der Waals surface area contributed by atoms with Crippen LogP contribution in [-0.4, -0.2) is 53.5 Å². The summed E-state index contributed by atoms with van der Waals surface area (Å²) in [5.41, 5.74) is 6.12. The maximum Gasteiger partial charge on any atom is 0.320 e. The number of benzene rings is 1. The summed E-state index contributed by atoms with van der Waals surface area (Å²) >= 11 is 0. The number of carbonyl (C=O) groups is 1. The molecule has 1 aromatic carbocycles. The van der Waals surface area contributed by atoms with Crippen LogP contribution in [0.25, 0.3) is 5.84 Å². The number of carboxylic acids is 1. The second-order valence-electron chi connectivity index (χ2n) is 4.41. The first-order valence-corrected chi connectivity index (χ1v) is 6.29. The molecule has 20 heavy (non-hydrogen) atoms. The Labute approximate surface area is 117 Å². The molecule has 1 aliphatic rings. The van der Waals surface area contributed by atoms with Gasteiger partial charge in [0.25, 0.3) is 0 Å². The number of hydrogen-bond acceptors (Lipinski definition) is 5. The molecule has 2 rings (SSSR count). The number of rotatable bonds is 3. The number of hydrogen-bond donors (Lipinski definition) is 3. The molecule has 1 atom stereocenters. The number of aromatic hydroxyl groups is 1. The largest absolute Gasteiger partial charge is 0.609 e. The van der Waals surface area contributed by atoms with E-state index in [2.05, 4.69) is 0 Å². The Kier molecular flexibility index (Phi) is 6.96. The maximum atomic E-state index is 10.4. The van der Waals surface area contributed by atoms with Gasteiger partial charge in [0.1, 0.15) is 11.8 Å². The Hall–Kier alpha value is -1.67. The van der Waals surface area contributed by atoms with Crippen molar-refractivity contribution in [1.82, 2.24) is 5.01 Å². The summed E-state index contributed by atoms with van der Waals surface area (Å²) in [5, 5.41) is 19.0. The van der Waals surface area contributed by atoms with Crippen molar-refractivity contribution in [1.29, 1.82) is 0 Å². The van der Waals surface area contributed by atoms with Gasteiger partial charge in [-0.3, -0.25) is 4.79 Å². The highest BCUT2D eigenvalue weighted by Crippen LogP contribution is 2.10. The fraction of sp³-hybridized carbons (Fsp3) is 0.462. The summed E-state index contributed by atoms with van der Waals surface area (Å²) < 4.78 is 4.98. The number of ether oxygens (including phenoxy) is 1. The van der Waals surface area contributed by atoms with Gasteiger partial charge in [0, 0.05) is 13.1 Å². The molecule has 1 saturated heterocycles. The minimum atomic E-state index is -1.02. The van der Waals surface area contributed by atoms with Crippen LogP contribution in [0.2, 0.25) is 0 Å². The van der Waals surface area contributed by atoms with E-state index in [4.69, 9.17) is 26.5 Å². The smallest absolute Gasteiger partial charge is 0.320 e. The third-order valence-electron chi connectivity index (χ3n) is 2.72. The molecule has 0 unspecified atom stereocenters. The second-order valence-corrected chi connectivity index (χ2v) is 4.41. The fourth-order valence-corrected chi connectivity index (χ4v) is 1.54. The average Bonchev–Trinajstić information content (AvgIpc) is 2.43. The molecule has 0 aromatic heterocycles. The zero-order valence-corrected chi connectivity index (χ0v) is 11.2. The second kappa shape index (κ2) is 8.49. The lowest BCUT2D eigenvalue weighted by Crippen LogP contribution is -2.32. The normalized spacial score (nSPS) is 16.9. The molecule has 7 nitrogen and oxygen atoms in total. The van der Waals surface area contributed by atoms with Crippen LogP contribution in [-0.2, 0) is 16.0 Å². The molecule has 112 valence electrons. The molecular formula is C13H20N3O4-. The van der Waals surface area contributed by atoms with Gasteiger partial charge in [0.15, 0.2) is 0 Å². The molecule has 1 aromatic rings. The van der Waals surface area contributed by atoms with Crippen LogP contribution in [0.15, 0.2) is 24.3 Å². The monoisotopic (exact) mass is 282 g/mol. The number of phenols is 1. The first-order chi connectivity index (χ1) is 9.49. The van der Waals surface area contributed by atoms with E-state index in [1.165, 1.54) is 17.1 Å². The van der Waals surface area contributed by atoms with Crippen LogP contribution in [0.5, 0.6) is 5.75 Å². The number of carboxylic acid groups (broad SMARTS) is 1. The van der Waals surface area contributed by atoms with E-state index in [0.717, 1.165) is 31.9 Å². The van der Waals surface area contributed by atoms with E-state index in [9.17, 15) is 4.79 Å². The van der Waals surface area contributed by atoms with Crippen LogP contribution in [0.1, 0.15) is 5.56 Å². The van der Waals surface area contributed by atoms with Gasteiger partial charge in [-0.25, -0.2) is 0 Å². The Morgan fingerprint density at radius 1 is 1.35 bits per heavy atom. The van der Waals surface area contributed by atoms with Crippen LogP contribution in [0, 0.1) is 0 Å². The quantitative estimate of drug-likeness (QED) is 0.748. The first-order valence-electron chi connectivity index (χ1n) is 6.29. The van der Waals surface area contributed by atoms with Gasteiger partial charge in [-0.15, -0.1) is 0 Å². The molecule has 0 amide bonds. The number of morpholine rings is 1. The number of aliphatic carboxylic acids is 1. The van der Waals surface area contributed by atoms with Gasteiger partial charge in [-0.1, -0.05) is 12.1 Å². The zero-order chi connectivity index (χ0) is 15.0. The minimum absolute atomic E-state index is 0.160. The van der Waals surface area contributed by atoms with Crippen LogP contribution in [0.3, 0.4) is 0 Å². The lowest BCUT2D eigenvalue weighted by Gasteiger charge is -2.30. The van der Waals surface area contributed by atoms with E-state index >= 15 is 0 Å². The van der Waals surface area contributed by atoms with Crippen molar-refractivity contribution >= 4 is 5.97 Å². The van der Waals surface area contributed by atoms with Crippen molar-refractivity contribution < 1.29 is 19.7 Å².